The van der Waals surface area contributed by atoms with Gasteiger partial charge in [0.25, 0.3) is 0 Å². The number of anilines is 1. The second-order valence-corrected chi connectivity index (χ2v) is 7.35. The molecule has 0 saturated carbocycles. The summed E-state index contributed by atoms with van der Waals surface area (Å²) in [5.74, 6) is -0.116. The van der Waals surface area contributed by atoms with E-state index in [2.05, 4.69) is 21.8 Å². The molecule has 1 amide bonds. The minimum atomic E-state index is -0.116. The Hall–Kier alpha value is -2.17. The summed E-state index contributed by atoms with van der Waals surface area (Å²) >= 11 is 1.54. The van der Waals surface area contributed by atoms with E-state index in [1.807, 2.05) is 30.9 Å². The maximum absolute atomic E-state index is 12.2. The highest BCUT2D eigenvalue weighted by atomic mass is 32.1. The fourth-order valence-electron chi connectivity index (χ4n) is 2.96. The Balaban J connectivity index is 1.52. The summed E-state index contributed by atoms with van der Waals surface area (Å²) in [7, 11) is 0. The SMILES string of the molecule is Cc1cnn(CC(C)NCC(=O)Nc2sc3c(c2C#N)CCC3)c1. The van der Waals surface area contributed by atoms with Crippen LogP contribution in [0.25, 0.3) is 0 Å². The molecule has 0 bridgehead atoms. The smallest absolute Gasteiger partial charge is 0.238 e. The van der Waals surface area contributed by atoms with Crippen LogP contribution in [0.5, 0.6) is 0 Å². The second kappa shape index (κ2) is 7.16. The number of amides is 1. The Kier molecular flexibility index (Phi) is 4.97. The van der Waals surface area contributed by atoms with Crippen molar-refractivity contribution in [2.24, 2.45) is 0 Å². The van der Waals surface area contributed by atoms with E-state index in [1.165, 1.54) is 4.88 Å². The van der Waals surface area contributed by atoms with Crippen molar-refractivity contribution < 1.29 is 4.79 Å². The van der Waals surface area contributed by atoms with Crippen molar-refractivity contribution in [3.8, 4) is 6.07 Å². The molecule has 126 valence electrons. The van der Waals surface area contributed by atoms with E-state index in [9.17, 15) is 10.1 Å². The maximum atomic E-state index is 12.2. The van der Waals surface area contributed by atoms with E-state index in [4.69, 9.17) is 0 Å². The molecule has 0 radical (unpaired) electrons. The minimum absolute atomic E-state index is 0.116. The summed E-state index contributed by atoms with van der Waals surface area (Å²) in [5, 5.41) is 20.4. The highest BCUT2D eigenvalue weighted by Gasteiger charge is 2.23. The molecular weight excluding hydrogens is 322 g/mol. The number of aryl methyl sites for hydroxylation is 2. The number of hydrogen-bond acceptors (Lipinski definition) is 5. The van der Waals surface area contributed by atoms with Gasteiger partial charge in [-0.2, -0.15) is 10.4 Å². The average Bonchev–Trinajstić information content (AvgIpc) is 3.21. The zero-order valence-corrected chi connectivity index (χ0v) is 14.7. The lowest BCUT2D eigenvalue weighted by Crippen LogP contribution is -2.36. The molecule has 3 rings (SSSR count). The molecule has 1 unspecified atom stereocenters. The van der Waals surface area contributed by atoms with E-state index in [-0.39, 0.29) is 18.5 Å². The van der Waals surface area contributed by atoms with Crippen molar-refractivity contribution in [3.63, 3.8) is 0 Å². The van der Waals surface area contributed by atoms with Gasteiger partial charge in [0.15, 0.2) is 0 Å². The predicted molar refractivity (Wildman–Crippen MR) is 94.1 cm³/mol. The molecule has 7 heteroatoms. The first kappa shape index (κ1) is 16.7. The lowest BCUT2D eigenvalue weighted by atomic mass is 10.1. The monoisotopic (exact) mass is 343 g/mol. The van der Waals surface area contributed by atoms with Crippen molar-refractivity contribution in [1.29, 1.82) is 5.26 Å². The molecule has 2 heterocycles. The number of nitrogens with one attached hydrogen (secondary N) is 2. The van der Waals surface area contributed by atoms with Gasteiger partial charge in [0.05, 0.1) is 24.8 Å². The van der Waals surface area contributed by atoms with Crippen molar-refractivity contribution in [3.05, 3.63) is 34.0 Å². The zero-order chi connectivity index (χ0) is 17.1. The number of carbonyl (C=O) groups excluding carboxylic acids is 1. The van der Waals surface area contributed by atoms with Crippen LogP contribution < -0.4 is 10.6 Å². The van der Waals surface area contributed by atoms with Crippen LogP contribution in [0.15, 0.2) is 12.4 Å². The molecule has 0 aliphatic heterocycles. The summed E-state index contributed by atoms with van der Waals surface area (Å²) < 4.78 is 1.86. The van der Waals surface area contributed by atoms with Gasteiger partial charge in [-0.05, 0) is 44.2 Å². The Morgan fingerprint density at radius 2 is 2.38 bits per heavy atom. The Labute approximate surface area is 145 Å². The van der Waals surface area contributed by atoms with E-state index >= 15 is 0 Å². The summed E-state index contributed by atoms with van der Waals surface area (Å²) in [5.41, 5.74) is 2.91. The molecule has 0 saturated heterocycles. The van der Waals surface area contributed by atoms with Gasteiger partial charge < -0.3 is 10.6 Å². The van der Waals surface area contributed by atoms with E-state index in [0.717, 1.165) is 30.4 Å². The Bertz CT molecular complexity index is 785. The van der Waals surface area contributed by atoms with Gasteiger partial charge in [0, 0.05) is 17.1 Å². The summed E-state index contributed by atoms with van der Waals surface area (Å²) in [6.45, 7) is 4.94. The minimum Gasteiger partial charge on any atom is -0.315 e. The fourth-order valence-corrected chi connectivity index (χ4v) is 4.22. The molecule has 2 N–H and O–H groups in total. The summed E-state index contributed by atoms with van der Waals surface area (Å²) in [6, 6.07) is 2.37. The highest BCUT2D eigenvalue weighted by Crippen LogP contribution is 2.38. The van der Waals surface area contributed by atoms with Gasteiger partial charge in [0.1, 0.15) is 11.1 Å². The fraction of sp³-hybridized carbons (Fsp3) is 0.471. The first-order valence-electron chi connectivity index (χ1n) is 8.13. The number of nitrogens with zero attached hydrogens (tertiary/aromatic N) is 3. The van der Waals surface area contributed by atoms with Crippen LogP contribution in [0.1, 0.15) is 34.9 Å². The molecular formula is C17H21N5OS. The van der Waals surface area contributed by atoms with Crippen LogP contribution in [0.3, 0.4) is 0 Å². The number of fused-ring (bicyclic) bond motifs is 1. The van der Waals surface area contributed by atoms with E-state index in [1.54, 1.807) is 11.3 Å². The van der Waals surface area contributed by atoms with Gasteiger partial charge in [0.2, 0.25) is 5.91 Å². The third-order valence-corrected chi connectivity index (χ3v) is 5.33. The number of carbonyl (C=O) groups is 1. The Morgan fingerprint density at radius 3 is 3.08 bits per heavy atom. The van der Waals surface area contributed by atoms with Crippen molar-refractivity contribution in [2.75, 3.05) is 11.9 Å². The quantitative estimate of drug-likeness (QED) is 0.842. The van der Waals surface area contributed by atoms with Gasteiger partial charge >= 0.3 is 0 Å². The van der Waals surface area contributed by atoms with Crippen molar-refractivity contribution in [2.45, 2.75) is 45.7 Å². The van der Waals surface area contributed by atoms with Crippen LogP contribution in [0, 0.1) is 18.3 Å². The average molecular weight is 343 g/mol. The molecule has 1 aliphatic carbocycles. The summed E-state index contributed by atoms with van der Waals surface area (Å²) in [4.78, 5) is 13.4. The first-order valence-corrected chi connectivity index (χ1v) is 8.95. The third-order valence-electron chi connectivity index (χ3n) is 4.12. The largest absolute Gasteiger partial charge is 0.315 e. The van der Waals surface area contributed by atoms with Crippen LogP contribution in [0.4, 0.5) is 5.00 Å². The molecule has 6 nitrogen and oxygen atoms in total. The molecule has 1 atom stereocenters. The van der Waals surface area contributed by atoms with E-state index < -0.39 is 0 Å². The van der Waals surface area contributed by atoms with Gasteiger partial charge in [-0.3, -0.25) is 9.48 Å². The number of nitriles is 1. The van der Waals surface area contributed by atoms with Crippen molar-refractivity contribution in [1.82, 2.24) is 15.1 Å². The van der Waals surface area contributed by atoms with Crippen LogP contribution in [-0.2, 0) is 24.2 Å². The maximum Gasteiger partial charge on any atom is 0.238 e. The molecule has 0 aromatic carbocycles. The zero-order valence-electron chi connectivity index (χ0n) is 13.9. The van der Waals surface area contributed by atoms with Gasteiger partial charge in [-0.25, -0.2) is 0 Å². The standard InChI is InChI=1S/C17H21N5OS/c1-11-7-20-22(9-11)10-12(2)19-8-16(23)21-17-14(6-18)13-4-3-5-15(13)24-17/h7,9,12,19H,3-5,8,10H2,1-2H3,(H,21,23). The lowest BCUT2D eigenvalue weighted by Gasteiger charge is -2.13. The van der Waals surface area contributed by atoms with E-state index in [0.29, 0.717) is 17.1 Å². The number of hydrogen-bond donors (Lipinski definition) is 2. The molecule has 0 spiro atoms. The van der Waals surface area contributed by atoms with Crippen LogP contribution in [-0.4, -0.2) is 28.3 Å². The second-order valence-electron chi connectivity index (χ2n) is 6.24. The molecule has 0 fully saturated rings. The van der Waals surface area contributed by atoms with Crippen LogP contribution >= 0.6 is 11.3 Å². The Morgan fingerprint density at radius 1 is 1.54 bits per heavy atom. The first-order chi connectivity index (χ1) is 11.6. The van der Waals surface area contributed by atoms with Gasteiger partial charge in [-0.1, -0.05) is 0 Å². The third kappa shape index (κ3) is 3.66. The van der Waals surface area contributed by atoms with Gasteiger partial charge in [-0.15, -0.1) is 11.3 Å². The predicted octanol–water partition coefficient (Wildman–Crippen LogP) is 2.23. The topological polar surface area (TPSA) is 82.7 Å². The normalized spacial score (nSPS) is 14.2. The molecule has 24 heavy (non-hydrogen) atoms. The van der Waals surface area contributed by atoms with Crippen molar-refractivity contribution >= 4 is 22.2 Å². The molecule has 1 aliphatic rings. The number of rotatable bonds is 6. The number of thiophene rings is 1. The highest BCUT2D eigenvalue weighted by molar-refractivity contribution is 7.16. The summed E-state index contributed by atoms with van der Waals surface area (Å²) in [6.07, 6.45) is 6.87. The number of aromatic nitrogens is 2. The van der Waals surface area contributed by atoms with Crippen LogP contribution in [0.2, 0.25) is 0 Å². The molecule has 2 aromatic rings. The lowest BCUT2D eigenvalue weighted by molar-refractivity contribution is -0.115. The molecule has 2 aromatic heterocycles.